The third kappa shape index (κ3) is 6.87. The van der Waals surface area contributed by atoms with Crippen molar-refractivity contribution in [3.8, 4) is 5.75 Å². The smallest absolute Gasteiger partial charge is 0.119 e. The van der Waals surface area contributed by atoms with Gasteiger partial charge >= 0.3 is 0 Å². The highest BCUT2D eigenvalue weighted by molar-refractivity contribution is 5.57. The summed E-state index contributed by atoms with van der Waals surface area (Å²) in [5.41, 5.74) is 3.69. The number of aryl methyl sites for hydroxylation is 1. The Labute approximate surface area is 146 Å². The van der Waals surface area contributed by atoms with E-state index in [4.69, 9.17) is 4.74 Å². The molecule has 0 N–H and O–H groups in total. The molecule has 0 aliphatic carbocycles. The van der Waals surface area contributed by atoms with Crippen molar-refractivity contribution >= 4 is 12.2 Å². The van der Waals surface area contributed by atoms with Crippen LogP contribution >= 0.6 is 0 Å². The SMILES string of the molecule is CCCCCCOc1ccc(C=CC=Cc2ccc(C)cc2)cc1. The zero-order valence-corrected chi connectivity index (χ0v) is 14.9. The van der Waals surface area contributed by atoms with Crippen LogP contribution in [-0.2, 0) is 0 Å². The molecule has 0 aromatic heterocycles. The molecule has 0 aliphatic rings. The lowest BCUT2D eigenvalue weighted by atomic mass is 10.1. The summed E-state index contributed by atoms with van der Waals surface area (Å²) in [4.78, 5) is 0. The number of benzene rings is 2. The predicted molar refractivity (Wildman–Crippen MR) is 105 cm³/mol. The molecule has 0 saturated heterocycles. The number of hydrogen-bond donors (Lipinski definition) is 0. The number of rotatable bonds is 9. The van der Waals surface area contributed by atoms with Crippen molar-refractivity contribution in [3.05, 3.63) is 77.4 Å². The Balaban J connectivity index is 1.77. The van der Waals surface area contributed by atoms with Crippen molar-refractivity contribution in [2.45, 2.75) is 39.5 Å². The summed E-state index contributed by atoms with van der Waals surface area (Å²) < 4.78 is 5.76. The van der Waals surface area contributed by atoms with Gasteiger partial charge in [0.1, 0.15) is 5.75 Å². The van der Waals surface area contributed by atoms with Gasteiger partial charge in [0.15, 0.2) is 0 Å². The highest BCUT2D eigenvalue weighted by Crippen LogP contribution is 2.14. The summed E-state index contributed by atoms with van der Waals surface area (Å²) in [6, 6.07) is 16.8. The first kappa shape index (κ1) is 18.1. The molecule has 0 spiro atoms. The third-order valence-corrected chi connectivity index (χ3v) is 3.91. The van der Waals surface area contributed by atoms with E-state index >= 15 is 0 Å². The van der Waals surface area contributed by atoms with Crippen molar-refractivity contribution in [1.82, 2.24) is 0 Å². The maximum Gasteiger partial charge on any atom is 0.119 e. The summed E-state index contributed by atoms with van der Waals surface area (Å²) >= 11 is 0. The maximum absolute atomic E-state index is 5.76. The van der Waals surface area contributed by atoms with Gasteiger partial charge in [-0.05, 0) is 36.6 Å². The molecule has 0 heterocycles. The van der Waals surface area contributed by atoms with Gasteiger partial charge in [-0.25, -0.2) is 0 Å². The molecule has 2 aromatic rings. The molecule has 0 unspecified atom stereocenters. The average molecular weight is 320 g/mol. The summed E-state index contributed by atoms with van der Waals surface area (Å²) in [5, 5.41) is 0. The fraction of sp³-hybridized carbons (Fsp3) is 0.304. The second kappa shape index (κ2) is 10.5. The van der Waals surface area contributed by atoms with E-state index in [0.717, 1.165) is 18.8 Å². The monoisotopic (exact) mass is 320 g/mol. The first-order chi connectivity index (χ1) is 11.8. The van der Waals surface area contributed by atoms with Crippen LogP contribution in [-0.4, -0.2) is 6.61 Å². The van der Waals surface area contributed by atoms with Crippen molar-refractivity contribution in [2.75, 3.05) is 6.61 Å². The minimum absolute atomic E-state index is 0.814. The van der Waals surface area contributed by atoms with Crippen LogP contribution in [0.25, 0.3) is 12.2 Å². The van der Waals surface area contributed by atoms with Crippen LogP contribution in [0.5, 0.6) is 5.75 Å². The molecular weight excluding hydrogens is 292 g/mol. The number of hydrogen-bond acceptors (Lipinski definition) is 1. The van der Waals surface area contributed by atoms with E-state index in [1.807, 2.05) is 12.1 Å². The Bertz CT molecular complexity index is 633. The van der Waals surface area contributed by atoms with E-state index in [1.54, 1.807) is 0 Å². The van der Waals surface area contributed by atoms with Crippen LogP contribution in [0, 0.1) is 6.92 Å². The average Bonchev–Trinajstić information content (AvgIpc) is 2.61. The van der Waals surface area contributed by atoms with E-state index in [-0.39, 0.29) is 0 Å². The molecule has 0 atom stereocenters. The normalized spacial score (nSPS) is 11.4. The van der Waals surface area contributed by atoms with E-state index < -0.39 is 0 Å². The first-order valence-electron chi connectivity index (χ1n) is 8.92. The van der Waals surface area contributed by atoms with Crippen LogP contribution in [0.15, 0.2) is 60.7 Å². The minimum atomic E-state index is 0.814. The van der Waals surface area contributed by atoms with Gasteiger partial charge in [0, 0.05) is 0 Å². The van der Waals surface area contributed by atoms with Gasteiger partial charge < -0.3 is 4.74 Å². The Morgan fingerprint density at radius 2 is 1.33 bits per heavy atom. The molecule has 0 fully saturated rings. The van der Waals surface area contributed by atoms with Crippen LogP contribution in [0.3, 0.4) is 0 Å². The Hall–Kier alpha value is -2.28. The molecule has 0 saturated carbocycles. The lowest BCUT2D eigenvalue weighted by molar-refractivity contribution is 0.305. The highest BCUT2D eigenvalue weighted by Gasteiger charge is 1.94. The van der Waals surface area contributed by atoms with Crippen molar-refractivity contribution in [2.24, 2.45) is 0 Å². The second-order valence-electron chi connectivity index (χ2n) is 6.11. The highest BCUT2D eigenvalue weighted by atomic mass is 16.5. The lowest BCUT2D eigenvalue weighted by Crippen LogP contribution is -1.96. The molecule has 126 valence electrons. The van der Waals surface area contributed by atoms with Crippen LogP contribution in [0.2, 0.25) is 0 Å². The number of allylic oxidation sites excluding steroid dienone is 2. The number of ether oxygens (including phenoxy) is 1. The first-order valence-corrected chi connectivity index (χ1v) is 8.92. The van der Waals surface area contributed by atoms with Gasteiger partial charge in [-0.3, -0.25) is 0 Å². The largest absolute Gasteiger partial charge is 0.494 e. The Morgan fingerprint density at radius 3 is 1.92 bits per heavy atom. The lowest BCUT2D eigenvalue weighted by Gasteiger charge is -2.05. The molecular formula is C23H28O. The quantitative estimate of drug-likeness (QED) is 0.370. The Kier molecular flexibility index (Phi) is 7.89. The van der Waals surface area contributed by atoms with Gasteiger partial charge in [0.05, 0.1) is 6.61 Å². The third-order valence-electron chi connectivity index (χ3n) is 3.91. The standard InChI is InChI=1S/C23H28O/c1-3-4-5-8-19-24-23-17-15-22(16-18-23)10-7-6-9-21-13-11-20(2)12-14-21/h6-7,9-18H,3-5,8,19H2,1-2H3. The number of unbranched alkanes of at least 4 members (excludes halogenated alkanes) is 3. The van der Waals surface area contributed by atoms with E-state index in [1.165, 1.54) is 36.0 Å². The van der Waals surface area contributed by atoms with Crippen LogP contribution in [0.4, 0.5) is 0 Å². The van der Waals surface area contributed by atoms with Crippen molar-refractivity contribution in [3.63, 3.8) is 0 Å². The predicted octanol–water partition coefficient (Wildman–Crippen LogP) is 6.68. The fourth-order valence-electron chi connectivity index (χ4n) is 2.40. The zero-order valence-electron chi connectivity index (χ0n) is 14.9. The van der Waals surface area contributed by atoms with Crippen molar-refractivity contribution < 1.29 is 4.74 Å². The molecule has 0 amide bonds. The topological polar surface area (TPSA) is 9.23 Å². The second-order valence-corrected chi connectivity index (χ2v) is 6.11. The Morgan fingerprint density at radius 1 is 0.750 bits per heavy atom. The van der Waals surface area contributed by atoms with Crippen LogP contribution < -0.4 is 4.74 Å². The summed E-state index contributed by atoms with van der Waals surface area (Å²) in [6.45, 7) is 5.14. The summed E-state index contributed by atoms with van der Waals surface area (Å²) in [7, 11) is 0. The van der Waals surface area contributed by atoms with Gasteiger partial charge in [-0.15, -0.1) is 0 Å². The van der Waals surface area contributed by atoms with E-state index in [0.29, 0.717) is 0 Å². The van der Waals surface area contributed by atoms with Gasteiger partial charge in [-0.1, -0.05) is 92.5 Å². The molecule has 1 nitrogen and oxygen atoms in total. The summed E-state index contributed by atoms with van der Waals surface area (Å²) in [6.07, 6.45) is 13.3. The maximum atomic E-state index is 5.76. The molecule has 0 aliphatic heterocycles. The van der Waals surface area contributed by atoms with E-state index in [9.17, 15) is 0 Å². The zero-order chi connectivity index (χ0) is 17.0. The molecule has 2 rings (SSSR count). The van der Waals surface area contributed by atoms with Gasteiger partial charge in [-0.2, -0.15) is 0 Å². The fourth-order valence-corrected chi connectivity index (χ4v) is 2.40. The molecule has 0 bridgehead atoms. The minimum Gasteiger partial charge on any atom is -0.494 e. The van der Waals surface area contributed by atoms with Crippen LogP contribution in [0.1, 0.15) is 49.3 Å². The van der Waals surface area contributed by atoms with Gasteiger partial charge in [0.2, 0.25) is 0 Å². The summed E-state index contributed by atoms with van der Waals surface area (Å²) in [5.74, 6) is 0.957. The van der Waals surface area contributed by atoms with Crippen molar-refractivity contribution in [1.29, 1.82) is 0 Å². The molecule has 0 radical (unpaired) electrons. The molecule has 1 heteroatoms. The molecule has 2 aromatic carbocycles. The van der Waals surface area contributed by atoms with Gasteiger partial charge in [0.25, 0.3) is 0 Å². The molecule has 24 heavy (non-hydrogen) atoms. The van der Waals surface area contributed by atoms with E-state index in [2.05, 4.69) is 74.5 Å².